The second-order valence-electron chi connectivity index (χ2n) is 2.95. The van der Waals surface area contributed by atoms with Crippen LogP contribution >= 0.6 is 23.1 Å². The zero-order chi connectivity index (χ0) is 9.97. The lowest BCUT2D eigenvalue weighted by atomic mass is 10.2. The average Bonchev–Trinajstić information content (AvgIpc) is 2.77. The van der Waals surface area contributed by atoms with E-state index in [0.29, 0.717) is 0 Å². The van der Waals surface area contributed by atoms with E-state index in [4.69, 9.17) is 0 Å². The number of nitrogens with one attached hydrogen (secondary N) is 1. The van der Waals surface area contributed by atoms with Crippen molar-refractivity contribution in [3.05, 3.63) is 22.3 Å². The summed E-state index contributed by atoms with van der Waals surface area (Å²) in [5, 5.41) is 15.9. The van der Waals surface area contributed by atoms with E-state index in [2.05, 4.69) is 39.9 Å². The van der Waals surface area contributed by atoms with E-state index < -0.39 is 0 Å². The van der Waals surface area contributed by atoms with Crippen LogP contribution in [0.3, 0.4) is 0 Å². The maximum Gasteiger partial charge on any atom is 0.184 e. The van der Waals surface area contributed by atoms with Crippen LogP contribution in [-0.4, -0.2) is 20.6 Å². The van der Waals surface area contributed by atoms with Crippen molar-refractivity contribution in [2.45, 2.75) is 23.8 Å². The zero-order valence-corrected chi connectivity index (χ0v) is 9.58. The molecule has 0 aliphatic carbocycles. The fraction of sp³-hybridized carbons (Fsp3) is 0.375. The van der Waals surface area contributed by atoms with Crippen LogP contribution in [0.1, 0.15) is 17.0 Å². The van der Waals surface area contributed by atoms with Crippen LogP contribution in [0.15, 0.2) is 9.59 Å². The Balaban J connectivity index is 2.02. The largest absolute Gasteiger partial charge is 0.184 e. The van der Waals surface area contributed by atoms with Gasteiger partial charge < -0.3 is 0 Å². The summed E-state index contributed by atoms with van der Waals surface area (Å²) in [4.78, 5) is 0. The summed E-state index contributed by atoms with van der Waals surface area (Å²) in [6.07, 6.45) is 0. The van der Waals surface area contributed by atoms with Gasteiger partial charge in [-0.1, -0.05) is 5.21 Å². The molecule has 0 atom stereocenters. The summed E-state index contributed by atoms with van der Waals surface area (Å²) in [5.41, 5.74) is 2.72. The minimum absolute atomic E-state index is 0.750. The molecule has 0 radical (unpaired) electrons. The molecule has 2 aromatic heterocycles. The number of hydrogen-bond donors (Lipinski definition) is 1. The number of rotatable bonds is 3. The van der Waals surface area contributed by atoms with Gasteiger partial charge in [0.25, 0.3) is 0 Å². The van der Waals surface area contributed by atoms with Crippen molar-refractivity contribution in [2.75, 3.05) is 0 Å². The van der Waals surface area contributed by atoms with Crippen LogP contribution in [-0.2, 0) is 5.75 Å². The van der Waals surface area contributed by atoms with E-state index in [1.165, 1.54) is 15.3 Å². The van der Waals surface area contributed by atoms with Crippen LogP contribution in [0.25, 0.3) is 0 Å². The van der Waals surface area contributed by atoms with Crippen LogP contribution in [0, 0.1) is 13.8 Å². The Morgan fingerprint density at radius 3 is 2.93 bits per heavy atom. The fourth-order valence-electron chi connectivity index (χ4n) is 0.996. The van der Waals surface area contributed by atoms with E-state index in [1.54, 1.807) is 23.1 Å². The van der Waals surface area contributed by atoms with E-state index in [-0.39, 0.29) is 0 Å². The molecule has 0 bridgehead atoms. The molecular formula is C8H10N4S2. The van der Waals surface area contributed by atoms with Crippen molar-refractivity contribution < 1.29 is 0 Å². The molecule has 14 heavy (non-hydrogen) atoms. The first kappa shape index (κ1) is 9.67. The number of nitrogens with zero attached hydrogens (tertiary/aromatic N) is 3. The summed E-state index contributed by atoms with van der Waals surface area (Å²) in [6.45, 7) is 4.27. The molecule has 74 valence electrons. The van der Waals surface area contributed by atoms with Crippen LogP contribution in [0.4, 0.5) is 0 Å². The topological polar surface area (TPSA) is 54.5 Å². The Labute approximate surface area is 90.1 Å². The lowest BCUT2D eigenvalue weighted by molar-refractivity contribution is 0.881. The third-order valence-electron chi connectivity index (χ3n) is 1.96. The molecule has 0 saturated heterocycles. The molecule has 0 aliphatic rings. The maximum absolute atomic E-state index is 3.90. The summed E-state index contributed by atoms with van der Waals surface area (Å²) >= 11 is 3.53. The van der Waals surface area contributed by atoms with Crippen LogP contribution in [0.2, 0.25) is 0 Å². The van der Waals surface area contributed by atoms with Gasteiger partial charge in [0.05, 0.1) is 9.96 Å². The molecule has 0 fully saturated rings. The fourth-order valence-corrected chi connectivity index (χ4v) is 3.15. The third-order valence-corrected chi connectivity index (χ3v) is 4.57. The van der Waals surface area contributed by atoms with Gasteiger partial charge in [0.2, 0.25) is 0 Å². The Kier molecular flexibility index (Phi) is 2.83. The Morgan fingerprint density at radius 1 is 1.50 bits per heavy atom. The van der Waals surface area contributed by atoms with Gasteiger partial charge >= 0.3 is 0 Å². The van der Waals surface area contributed by atoms with Gasteiger partial charge in [-0.15, -0.1) is 33.3 Å². The standard InChI is InChI=1S/C8H10N4S2/c1-5-3-13-8(6(5)2)14-4-7-9-11-12-10-7/h3H,4H2,1-2H3,(H,9,10,11,12). The Bertz CT molecular complexity index is 407. The summed E-state index contributed by atoms with van der Waals surface area (Å²) < 4.78 is 1.34. The normalized spacial score (nSPS) is 10.7. The molecule has 2 rings (SSSR count). The number of H-pyrrole nitrogens is 1. The SMILES string of the molecule is Cc1csc(SCc2nn[nH]n2)c1C. The highest BCUT2D eigenvalue weighted by Crippen LogP contribution is 2.32. The summed E-state index contributed by atoms with van der Waals surface area (Å²) in [5.74, 6) is 1.53. The van der Waals surface area contributed by atoms with Gasteiger partial charge in [0, 0.05) is 0 Å². The van der Waals surface area contributed by atoms with Crippen molar-refractivity contribution in [3.8, 4) is 0 Å². The molecule has 0 spiro atoms. The number of thiophene rings is 1. The average molecular weight is 226 g/mol. The number of hydrogen-bond acceptors (Lipinski definition) is 5. The highest BCUT2D eigenvalue weighted by atomic mass is 32.2. The maximum atomic E-state index is 3.90. The van der Waals surface area contributed by atoms with Gasteiger partial charge in [-0.05, 0) is 30.4 Å². The third kappa shape index (κ3) is 1.96. The van der Waals surface area contributed by atoms with Gasteiger partial charge in [0.1, 0.15) is 0 Å². The van der Waals surface area contributed by atoms with E-state index in [9.17, 15) is 0 Å². The molecule has 0 unspecified atom stereocenters. The quantitative estimate of drug-likeness (QED) is 0.815. The molecule has 1 N–H and O–H groups in total. The van der Waals surface area contributed by atoms with Crippen LogP contribution in [0.5, 0.6) is 0 Å². The van der Waals surface area contributed by atoms with Crippen molar-refractivity contribution in [1.29, 1.82) is 0 Å². The number of aromatic amines is 1. The van der Waals surface area contributed by atoms with Gasteiger partial charge in [-0.3, -0.25) is 0 Å². The minimum atomic E-state index is 0.750. The molecular weight excluding hydrogens is 216 g/mol. The Hall–Kier alpha value is -0.880. The van der Waals surface area contributed by atoms with Crippen molar-refractivity contribution in [3.63, 3.8) is 0 Å². The lowest BCUT2D eigenvalue weighted by Gasteiger charge is -1.96. The van der Waals surface area contributed by atoms with Crippen molar-refractivity contribution in [1.82, 2.24) is 20.6 Å². The number of aromatic nitrogens is 4. The minimum Gasteiger partial charge on any atom is -0.177 e. The molecule has 0 aliphatic heterocycles. The second-order valence-corrected chi connectivity index (χ2v) is 5.07. The van der Waals surface area contributed by atoms with E-state index in [0.717, 1.165) is 11.6 Å². The van der Waals surface area contributed by atoms with Gasteiger partial charge in [-0.2, -0.15) is 5.21 Å². The smallest absolute Gasteiger partial charge is 0.177 e. The highest BCUT2D eigenvalue weighted by Gasteiger charge is 2.06. The van der Waals surface area contributed by atoms with Crippen LogP contribution < -0.4 is 0 Å². The van der Waals surface area contributed by atoms with E-state index >= 15 is 0 Å². The highest BCUT2D eigenvalue weighted by molar-refractivity contribution is 8.00. The molecule has 2 heterocycles. The number of aryl methyl sites for hydroxylation is 1. The first-order chi connectivity index (χ1) is 6.77. The number of thioether (sulfide) groups is 1. The monoisotopic (exact) mass is 226 g/mol. The molecule has 6 heteroatoms. The predicted octanol–water partition coefficient (Wildman–Crippen LogP) is 2.17. The van der Waals surface area contributed by atoms with Crippen molar-refractivity contribution in [2.24, 2.45) is 0 Å². The first-order valence-electron chi connectivity index (χ1n) is 4.17. The molecule has 4 nitrogen and oxygen atoms in total. The molecule has 2 aromatic rings. The lowest BCUT2D eigenvalue weighted by Crippen LogP contribution is -1.83. The summed E-state index contributed by atoms with van der Waals surface area (Å²) in [7, 11) is 0. The van der Waals surface area contributed by atoms with Gasteiger partial charge in [0.15, 0.2) is 5.82 Å². The molecule has 0 saturated carbocycles. The number of tetrazole rings is 1. The second kappa shape index (κ2) is 4.10. The Morgan fingerprint density at radius 2 is 2.36 bits per heavy atom. The molecule has 0 aromatic carbocycles. The van der Waals surface area contributed by atoms with E-state index in [1.807, 2.05) is 0 Å². The van der Waals surface area contributed by atoms with Gasteiger partial charge in [-0.25, -0.2) is 0 Å². The predicted molar refractivity (Wildman–Crippen MR) is 57.5 cm³/mol. The zero-order valence-electron chi connectivity index (χ0n) is 7.94. The first-order valence-corrected chi connectivity index (χ1v) is 6.03. The van der Waals surface area contributed by atoms with Crippen molar-refractivity contribution >= 4 is 23.1 Å². The molecule has 0 amide bonds. The summed E-state index contributed by atoms with van der Waals surface area (Å²) in [6, 6.07) is 0.